The van der Waals surface area contributed by atoms with E-state index in [1.54, 1.807) is 6.92 Å². The van der Waals surface area contributed by atoms with Crippen LogP contribution in [0.25, 0.3) is 0 Å². The van der Waals surface area contributed by atoms with Gasteiger partial charge in [0.25, 0.3) is 5.78 Å². The van der Waals surface area contributed by atoms with Crippen LogP contribution in [-0.4, -0.2) is 32.7 Å². The van der Waals surface area contributed by atoms with E-state index < -0.39 is 23.5 Å². The van der Waals surface area contributed by atoms with Crippen molar-refractivity contribution in [3.05, 3.63) is 23.8 Å². The number of aromatic nitrogens is 2. The van der Waals surface area contributed by atoms with Crippen molar-refractivity contribution in [3.8, 4) is 0 Å². The number of aliphatic carboxylic acids is 1. The van der Waals surface area contributed by atoms with E-state index in [0.29, 0.717) is 5.56 Å². The third-order valence-corrected chi connectivity index (χ3v) is 1.54. The summed E-state index contributed by atoms with van der Waals surface area (Å²) in [7, 11) is 0. The molecular formula is C8H6F2N2O3. The Morgan fingerprint density at radius 2 is 1.80 bits per heavy atom. The molecule has 0 radical (unpaired) electrons. The number of ketones is 1. The van der Waals surface area contributed by atoms with Gasteiger partial charge in [-0.3, -0.25) is 4.79 Å². The summed E-state index contributed by atoms with van der Waals surface area (Å²) in [5.74, 6) is -9.74. The van der Waals surface area contributed by atoms with Gasteiger partial charge in [-0.15, -0.1) is 0 Å². The molecule has 0 bridgehead atoms. The summed E-state index contributed by atoms with van der Waals surface area (Å²) in [5.41, 5.74) is 0.574. The molecule has 0 amide bonds. The van der Waals surface area contributed by atoms with Gasteiger partial charge in [0, 0.05) is 12.4 Å². The second-order valence-corrected chi connectivity index (χ2v) is 2.79. The van der Waals surface area contributed by atoms with Crippen LogP contribution >= 0.6 is 0 Å². The third kappa shape index (κ3) is 2.12. The zero-order valence-corrected chi connectivity index (χ0v) is 7.57. The van der Waals surface area contributed by atoms with Gasteiger partial charge in [0.2, 0.25) is 5.82 Å². The predicted octanol–water partition coefficient (Wildman–Crippen LogP) is 0.688. The molecule has 0 saturated carbocycles. The lowest BCUT2D eigenvalue weighted by atomic mass is 10.2. The van der Waals surface area contributed by atoms with Crippen molar-refractivity contribution in [1.82, 2.24) is 9.97 Å². The van der Waals surface area contributed by atoms with Crippen LogP contribution in [0.1, 0.15) is 16.2 Å². The SMILES string of the molecule is Cc1cnc(C(=O)C(F)(F)C(=O)O)nc1. The van der Waals surface area contributed by atoms with E-state index in [9.17, 15) is 18.4 Å². The molecule has 0 spiro atoms. The van der Waals surface area contributed by atoms with Crippen LogP contribution in [0.5, 0.6) is 0 Å². The lowest BCUT2D eigenvalue weighted by Gasteiger charge is -2.07. The summed E-state index contributed by atoms with van der Waals surface area (Å²) in [5, 5.41) is 8.10. The largest absolute Gasteiger partial charge is 0.476 e. The number of carbonyl (C=O) groups is 2. The maximum Gasteiger partial charge on any atom is 0.407 e. The molecular weight excluding hydrogens is 210 g/mol. The molecule has 0 fully saturated rings. The maximum atomic E-state index is 12.7. The topological polar surface area (TPSA) is 80.2 Å². The summed E-state index contributed by atoms with van der Waals surface area (Å²) in [4.78, 5) is 27.7. The Hall–Kier alpha value is -1.92. The molecule has 1 aromatic heterocycles. The van der Waals surface area contributed by atoms with Gasteiger partial charge >= 0.3 is 11.9 Å². The number of hydrogen-bond acceptors (Lipinski definition) is 4. The molecule has 0 aliphatic rings. The van der Waals surface area contributed by atoms with Gasteiger partial charge < -0.3 is 5.11 Å². The Balaban J connectivity index is 3.05. The minimum Gasteiger partial charge on any atom is -0.476 e. The molecule has 0 saturated heterocycles. The Kier molecular flexibility index (Phi) is 2.74. The fourth-order valence-corrected chi connectivity index (χ4v) is 0.747. The van der Waals surface area contributed by atoms with E-state index in [1.165, 1.54) is 0 Å². The van der Waals surface area contributed by atoms with Crippen LogP contribution in [0.4, 0.5) is 8.78 Å². The Labute approximate surface area is 82.8 Å². The van der Waals surface area contributed by atoms with Crippen LogP contribution in [0.3, 0.4) is 0 Å². The summed E-state index contributed by atoms with van der Waals surface area (Å²) in [6.07, 6.45) is 2.30. The van der Waals surface area contributed by atoms with E-state index in [0.717, 1.165) is 12.4 Å². The van der Waals surface area contributed by atoms with E-state index in [1.807, 2.05) is 0 Å². The lowest BCUT2D eigenvalue weighted by Crippen LogP contribution is -2.38. The summed E-state index contributed by atoms with van der Waals surface area (Å²) < 4.78 is 25.4. The molecule has 15 heavy (non-hydrogen) atoms. The predicted molar refractivity (Wildman–Crippen MR) is 43.7 cm³/mol. The quantitative estimate of drug-likeness (QED) is 0.593. The molecule has 0 aliphatic carbocycles. The van der Waals surface area contributed by atoms with Crippen LogP contribution < -0.4 is 0 Å². The van der Waals surface area contributed by atoms with E-state index in [2.05, 4.69) is 9.97 Å². The number of Topliss-reactive ketones (excluding diaryl/α,β-unsaturated/α-hetero) is 1. The number of hydrogen-bond donors (Lipinski definition) is 1. The van der Waals surface area contributed by atoms with Crippen molar-refractivity contribution >= 4 is 11.8 Å². The standard InChI is InChI=1S/C8H6F2N2O3/c1-4-2-11-6(12-3-4)5(13)8(9,10)7(14)15/h2-3H,1H3,(H,14,15). The minimum absolute atomic E-state index is 0.574. The first-order valence-electron chi connectivity index (χ1n) is 3.80. The number of aryl methyl sites for hydroxylation is 1. The third-order valence-electron chi connectivity index (χ3n) is 1.54. The van der Waals surface area contributed by atoms with Gasteiger partial charge in [0.1, 0.15) is 0 Å². The van der Waals surface area contributed by atoms with Crippen molar-refractivity contribution in [2.45, 2.75) is 12.8 Å². The summed E-state index contributed by atoms with van der Waals surface area (Å²) in [6.45, 7) is 1.60. The van der Waals surface area contributed by atoms with Crippen molar-refractivity contribution in [3.63, 3.8) is 0 Å². The van der Waals surface area contributed by atoms with E-state index in [4.69, 9.17) is 5.11 Å². The maximum absolute atomic E-state index is 12.7. The normalized spacial score (nSPS) is 11.1. The minimum atomic E-state index is -4.49. The first-order chi connectivity index (χ1) is 6.85. The highest BCUT2D eigenvalue weighted by molar-refractivity contribution is 6.11. The molecule has 7 heteroatoms. The fraction of sp³-hybridized carbons (Fsp3) is 0.250. The number of carbonyl (C=O) groups excluding carboxylic acids is 1. The fourth-order valence-electron chi connectivity index (χ4n) is 0.747. The first kappa shape index (κ1) is 11.2. The molecule has 1 rings (SSSR count). The number of alkyl halides is 2. The smallest absolute Gasteiger partial charge is 0.407 e. The van der Waals surface area contributed by atoms with Crippen molar-refractivity contribution in [2.75, 3.05) is 0 Å². The molecule has 1 N–H and O–H groups in total. The number of nitrogens with zero attached hydrogens (tertiary/aromatic N) is 2. The van der Waals surface area contributed by atoms with Gasteiger partial charge in [-0.1, -0.05) is 0 Å². The first-order valence-corrected chi connectivity index (χ1v) is 3.80. The highest BCUT2D eigenvalue weighted by Crippen LogP contribution is 2.18. The van der Waals surface area contributed by atoms with Crippen molar-refractivity contribution in [1.29, 1.82) is 0 Å². The lowest BCUT2D eigenvalue weighted by molar-refractivity contribution is -0.157. The molecule has 5 nitrogen and oxygen atoms in total. The molecule has 80 valence electrons. The van der Waals surface area contributed by atoms with Gasteiger partial charge in [-0.25, -0.2) is 14.8 Å². The molecule has 0 atom stereocenters. The molecule has 0 aliphatic heterocycles. The van der Waals surface area contributed by atoms with Crippen LogP contribution in [0.15, 0.2) is 12.4 Å². The monoisotopic (exact) mass is 216 g/mol. The van der Waals surface area contributed by atoms with E-state index in [-0.39, 0.29) is 0 Å². The molecule has 0 unspecified atom stereocenters. The van der Waals surface area contributed by atoms with Gasteiger partial charge in [-0.05, 0) is 12.5 Å². The van der Waals surface area contributed by atoms with Gasteiger partial charge in [0.05, 0.1) is 0 Å². The zero-order valence-electron chi connectivity index (χ0n) is 7.57. The number of rotatable bonds is 3. The Morgan fingerprint density at radius 3 is 2.20 bits per heavy atom. The average Bonchev–Trinajstić information content (AvgIpc) is 2.17. The van der Waals surface area contributed by atoms with Crippen LogP contribution in [0.2, 0.25) is 0 Å². The Bertz CT molecular complexity index is 403. The summed E-state index contributed by atoms with van der Waals surface area (Å²) >= 11 is 0. The number of carboxylic acids is 1. The second kappa shape index (κ2) is 3.68. The van der Waals surface area contributed by atoms with Gasteiger partial charge in [0.15, 0.2) is 0 Å². The average molecular weight is 216 g/mol. The molecule has 0 aromatic carbocycles. The molecule has 1 aromatic rings. The summed E-state index contributed by atoms with van der Waals surface area (Å²) in [6, 6.07) is 0. The van der Waals surface area contributed by atoms with Crippen LogP contribution in [0, 0.1) is 6.92 Å². The number of carboxylic acid groups (broad SMARTS) is 1. The number of halogens is 2. The van der Waals surface area contributed by atoms with Crippen molar-refractivity contribution < 1.29 is 23.5 Å². The highest BCUT2D eigenvalue weighted by atomic mass is 19.3. The van der Waals surface area contributed by atoms with Crippen molar-refractivity contribution in [2.24, 2.45) is 0 Å². The highest BCUT2D eigenvalue weighted by Gasteiger charge is 2.49. The van der Waals surface area contributed by atoms with Crippen LogP contribution in [-0.2, 0) is 4.79 Å². The van der Waals surface area contributed by atoms with Gasteiger partial charge in [-0.2, -0.15) is 8.78 Å². The zero-order chi connectivity index (χ0) is 11.6. The van der Waals surface area contributed by atoms with E-state index >= 15 is 0 Å². The second-order valence-electron chi connectivity index (χ2n) is 2.79. The Morgan fingerprint density at radius 1 is 1.33 bits per heavy atom. The molecule has 1 heterocycles.